The molecule has 0 atom stereocenters. The number of nitrogens with two attached hydrogens (primary N) is 1. The van der Waals surface area contributed by atoms with Crippen LogP contribution >= 0.6 is 23.2 Å². The Balaban J connectivity index is 3.10. The third-order valence-electron chi connectivity index (χ3n) is 1.50. The Kier molecular flexibility index (Phi) is 3.01. The van der Waals surface area contributed by atoms with Crippen molar-refractivity contribution in [1.82, 2.24) is 0 Å². The highest BCUT2D eigenvalue weighted by atomic mass is 35.5. The predicted molar refractivity (Wildman–Crippen MR) is 51.4 cm³/mol. The average Bonchev–Trinajstić information content (AvgIpc) is 2.06. The molecule has 0 spiro atoms. The van der Waals surface area contributed by atoms with Gasteiger partial charge in [-0.3, -0.25) is 0 Å². The number of carbonyl (C=O) groups is 1. The van der Waals surface area contributed by atoms with Crippen LogP contribution in [0.2, 0.25) is 10.0 Å². The monoisotopic (exact) mass is 219 g/mol. The lowest BCUT2D eigenvalue weighted by Crippen LogP contribution is -2.16. The van der Waals surface area contributed by atoms with Gasteiger partial charge in [-0.15, -0.1) is 0 Å². The first-order chi connectivity index (χ1) is 6.02. The largest absolute Gasteiger partial charge is 0.410 e. The standard InChI is InChI=1S/C8H7Cl2NO2/c1-4-6(13-8(11)12)3-2-5(9)7(4)10/h2-3H,1H3,(H2,11,12). The van der Waals surface area contributed by atoms with E-state index in [9.17, 15) is 4.79 Å². The van der Waals surface area contributed by atoms with Crippen molar-refractivity contribution in [1.29, 1.82) is 0 Å². The van der Waals surface area contributed by atoms with E-state index >= 15 is 0 Å². The van der Waals surface area contributed by atoms with E-state index in [1.165, 1.54) is 12.1 Å². The maximum atomic E-state index is 10.4. The van der Waals surface area contributed by atoms with Gasteiger partial charge >= 0.3 is 6.09 Å². The fourth-order valence-corrected chi connectivity index (χ4v) is 1.21. The minimum Gasteiger partial charge on any atom is -0.410 e. The molecule has 0 aliphatic rings. The van der Waals surface area contributed by atoms with Crippen molar-refractivity contribution in [3.05, 3.63) is 27.7 Å². The SMILES string of the molecule is Cc1c(OC(N)=O)ccc(Cl)c1Cl. The number of hydrogen-bond acceptors (Lipinski definition) is 2. The zero-order chi connectivity index (χ0) is 10.0. The fraction of sp³-hybridized carbons (Fsp3) is 0.125. The summed E-state index contributed by atoms with van der Waals surface area (Å²) in [6.45, 7) is 1.69. The molecule has 3 nitrogen and oxygen atoms in total. The highest BCUT2D eigenvalue weighted by Gasteiger charge is 2.09. The third kappa shape index (κ3) is 2.26. The summed E-state index contributed by atoms with van der Waals surface area (Å²) in [7, 11) is 0. The third-order valence-corrected chi connectivity index (χ3v) is 2.40. The first-order valence-corrected chi connectivity index (χ1v) is 4.20. The second-order valence-electron chi connectivity index (χ2n) is 2.41. The molecule has 1 aromatic rings. The average molecular weight is 220 g/mol. The van der Waals surface area contributed by atoms with Gasteiger partial charge in [-0.1, -0.05) is 23.2 Å². The second kappa shape index (κ2) is 3.85. The molecule has 0 aliphatic carbocycles. The molecule has 0 heterocycles. The van der Waals surface area contributed by atoms with Gasteiger partial charge < -0.3 is 10.5 Å². The molecule has 1 amide bonds. The number of amides is 1. The van der Waals surface area contributed by atoms with E-state index in [1.54, 1.807) is 6.92 Å². The summed E-state index contributed by atoms with van der Waals surface area (Å²) in [5.74, 6) is 0.321. The van der Waals surface area contributed by atoms with Crippen molar-refractivity contribution in [3.63, 3.8) is 0 Å². The van der Waals surface area contributed by atoms with Crippen LogP contribution in [0.5, 0.6) is 5.75 Å². The summed E-state index contributed by atoms with van der Waals surface area (Å²) >= 11 is 11.5. The van der Waals surface area contributed by atoms with E-state index in [1.807, 2.05) is 0 Å². The number of benzene rings is 1. The number of halogens is 2. The number of rotatable bonds is 1. The first kappa shape index (κ1) is 10.2. The van der Waals surface area contributed by atoms with Crippen LogP contribution in [-0.2, 0) is 0 Å². The lowest BCUT2D eigenvalue weighted by molar-refractivity contribution is 0.210. The molecular weight excluding hydrogens is 213 g/mol. The maximum Gasteiger partial charge on any atom is 0.409 e. The first-order valence-electron chi connectivity index (χ1n) is 3.44. The maximum absolute atomic E-state index is 10.4. The van der Waals surface area contributed by atoms with E-state index in [0.29, 0.717) is 21.4 Å². The van der Waals surface area contributed by atoms with Crippen LogP contribution in [0, 0.1) is 6.92 Å². The molecule has 1 aromatic carbocycles. The minimum absolute atomic E-state index is 0.321. The van der Waals surface area contributed by atoms with Gasteiger partial charge in [0.05, 0.1) is 10.0 Å². The quantitative estimate of drug-likeness (QED) is 0.790. The summed E-state index contributed by atoms with van der Waals surface area (Å²) < 4.78 is 4.68. The van der Waals surface area contributed by atoms with E-state index in [0.717, 1.165) is 0 Å². The van der Waals surface area contributed by atoms with Gasteiger partial charge in [0.1, 0.15) is 5.75 Å². The summed E-state index contributed by atoms with van der Waals surface area (Å²) in [4.78, 5) is 10.4. The van der Waals surface area contributed by atoms with Gasteiger partial charge in [0.2, 0.25) is 0 Å². The minimum atomic E-state index is -0.874. The van der Waals surface area contributed by atoms with Crippen LogP contribution in [0.1, 0.15) is 5.56 Å². The Morgan fingerprint density at radius 3 is 2.62 bits per heavy atom. The van der Waals surface area contributed by atoms with Crippen LogP contribution in [0.25, 0.3) is 0 Å². The Morgan fingerprint density at radius 1 is 1.46 bits per heavy atom. The van der Waals surface area contributed by atoms with Crippen LogP contribution in [-0.4, -0.2) is 6.09 Å². The van der Waals surface area contributed by atoms with Gasteiger partial charge in [-0.05, 0) is 19.1 Å². The second-order valence-corrected chi connectivity index (χ2v) is 3.19. The van der Waals surface area contributed by atoms with Gasteiger partial charge in [-0.2, -0.15) is 0 Å². The van der Waals surface area contributed by atoms with Crippen molar-refractivity contribution in [2.24, 2.45) is 5.73 Å². The van der Waals surface area contributed by atoms with Crippen molar-refractivity contribution in [3.8, 4) is 5.75 Å². The molecule has 0 radical (unpaired) electrons. The molecule has 0 unspecified atom stereocenters. The molecule has 5 heteroatoms. The van der Waals surface area contributed by atoms with Crippen molar-refractivity contribution >= 4 is 29.3 Å². The summed E-state index contributed by atoms with van der Waals surface area (Å²) in [5, 5.41) is 0.774. The van der Waals surface area contributed by atoms with Crippen molar-refractivity contribution in [2.75, 3.05) is 0 Å². The zero-order valence-corrected chi connectivity index (χ0v) is 8.32. The Labute approximate surface area is 85.4 Å². The van der Waals surface area contributed by atoms with Crippen LogP contribution < -0.4 is 10.5 Å². The Hall–Kier alpha value is -0.930. The summed E-state index contributed by atoms with van der Waals surface area (Å²) in [6.07, 6.45) is -0.874. The van der Waals surface area contributed by atoms with Gasteiger partial charge in [-0.25, -0.2) is 4.79 Å². The fourth-order valence-electron chi connectivity index (χ4n) is 0.853. The lowest BCUT2D eigenvalue weighted by Gasteiger charge is -2.06. The number of primary amides is 1. The highest BCUT2D eigenvalue weighted by Crippen LogP contribution is 2.31. The van der Waals surface area contributed by atoms with E-state index < -0.39 is 6.09 Å². The van der Waals surface area contributed by atoms with E-state index in [-0.39, 0.29) is 0 Å². The van der Waals surface area contributed by atoms with Crippen molar-refractivity contribution in [2.45, 2.75) is 6.92 Å². The topological polar surface area (TPSA) is 52.3 Å². The molecule has 13 heavy (non-hydrogen) atoms. The summed E-state index contributed by atoms with van der Waals surface area (Å²) in [5.41, 5.74) is 5.43. The zero-order valence-electron chi connectivity index (χ0n) is 6.80. The normalized spacial score (nSPS) is 9.77. The molecule has 0 aliphatic heterocycles. The number of ether oxygens (including phenoxy) is 1. The van der Waals surface area contributed by atoms with Crippen molar-refractivity contribution < 1.29 is 9.53 Å². The number of carbonyl (C=O) groups excluding carboxylic acids is 1. The number of hydrogen-bond donors (Lipinski definition) is 1. The Morgan fingerprint density at radius 2 is 2.08 bits per heavy atom. The molecule has 0 fully saturated rings. The van der Waals surface area contributed by atoms with Crippen LogP contribution in [0.15, 0.2) is 12.1 Å². The van der Waals surface area contributed by atoms with Crippen LogP contribution in [0.3, 0.4) is 0 Å². The smallest absolute Gasteiger partial charge is 0.409 e. The van der Waals surface area contributed by atoms with Gasteiger partial charge in [0.25, 0.3) is 0 Å². The molecular formula is C8H7Cl2NO2. The molecule has 2 N–H and O–H groups in total. The van der Waals surface area contributed by atoms with Gasteiger partial charge in [0.15, 0.2) is 0 Å². The Bertz CT molecular complexity index is 352. The van der Waals surface area contributed by atoms with E-state index in [2.05, 4.69) is 4.74 Å². The highest BCUT2D eigenvalue weighted by molar-refractivity contribution is 6.42. The molecule has 0 aromatic heterocycles. The summed E-state index contributed by atoms with van der Waals surface area (Å²) in [6, 6.07) is 3.07. The molecule has 70 valence electrons. The van der Waals surface area contributed by atoms with Gasteiger partial charge in [0, 0.05) is 5.56 Å². The molecule has 0 saturated heterocycles. The predicted octanol–water partition coefficient (Wildman–Crippen LogP) is 2.76. The molecule has 0 saturated carbocycles. The molecule has 0 bridgehead atoms. The molecule has 1 rings (SSSR count). The van der Waals surface area contributed by atoms with Crippen LogP contribution in [0.4, 0.5) is 4.79 Å². The van der Waals surface area contributed by atoms with E-state index in [4.69, 9.17) is 28.9 Å². The lowest BCUT2D eigenvalue weighted by atomic mass is 10.2.